The minimum atomic E-state index is -1.08. The third-order valence-corrected chi connectivity index (χ3v) is 5.63. The maximum absolute atomic E-state index is 14.1. The van der Waals surface area contributed by atoms with Crippen LogP contribution in [-0.4, -0.2) is 15.6 Å². The molecule has 8 heteroatoms. The Hall–Kier alpha value is -3.65. The zero-order valence-electron chi connectivity index (χ0n) is 17.5. The smallest absolute Gasteiger partial charge is 0.335 e. The fourth-order valence-electron chi connectivity index (χ4n) is 3.60. The Balaban J connectivity index is 1.78. The highest BCUT2D eigenvalue weighted by molar-refractivity contribution is 9.10. The number of ether oxygens (including phenoxy) is 1. The van der Waals surface area contributed by atoms with Gasteiger partial charge in [-0.25, -0.2) is 13.6 Å². The number of rotatable bonds is 6. The standard InChI is InChI=1S/C25H19BrF2N2O3/c1-14-2-6-23(30(14)20-9-16(25(31)32)8-19(29)12-20)21-10-17(26)4-7-24(21)33-13-15-3-5-18(27)11-22(15)28/h2-12H,13,29H2,1H3,(H,31,32). The Morgan fingerprint density at radius 3 is 2.58 bits per heavy atom. The van der Waals surface area contributed by atoms with Crippen molar-refractivity contribution in [1.29, 1.82) is 0 Å². The summed E-state index contributed by atoms with van der Waals surface area (Å²) in [6, 6.07) is 17.1. The van der Waals surface area contributed by atoms with Gasteiger partial charge < -0.3 is 20.1 Å². The SMILES string of the molecule is Cc1ccc(-c2cc(Br)ccc2OCc2ccc(F)cc2F)n1-c1cc(N)cc(C(=O)O)c1. The van der Waals surface area contributed by atoms with Gasteiger partial charge in [-0.15, -0.1) is 0 Å². The second-order valence-electron chi connectivity index (χ2n) is 7.48. The first-order valence-electron chi connectivity index (χ1n) is 9.92. The number of aryl methyl sites for hydroxylation is 1. The van der Waals surface area contributed by atoms with E-state index in [1.54, 1.807) is 24.3 Å². The molecule has 1 aromatic heterocycles. The monoisotopic (exact) mass is 512 g/mol. The summed E-state index contributed by atoms with van der Waals surface area (Å²) >= 11 is 3.47. The van der Waals surface area contributed by atoms with Gasteiger partial charge in [-0.3, -0.25) is 0 Å². The van der Waals surface area contributed by atoms with Crippen molar-refractivity contribution in [2.24, 2.45) is 0 Å². The predicted octanol–water partition coefficient (Wildman–Crippen LogP) is 6.35. The van der Waals surface area contributed by atoms with Crippen LogP contribution >= 0.6 is 15.9 Å². The summed E-state index contributed by atoms with van der Waals surface area (Å²) in [5.74, 6) is -1.95. The molecule has 0 unspecified atom stereocenters. The quantitative estimate of drug-likeness (QED) is 0.295. The van der Waals surface area contributed by atoms with Crippen LogP contribution in [0.2, 0.25) is 0 Å². The van der Waals surface area contributed by atoms with Crippen LogP contribution in [0.1, 0.15) is 21.6 Å². The van der Waals surface area contributed by atoms with Crippen LogP contribution in [0.15, 0.2) is 71.2 Å². The van der Waals surface area contributed by atoms with Gasteiger partial charge in [0.25, 0.3) is 0 Å². The second-order valence-corrected chi connectivity index (χ2v) is 8.39. The molecule has 0 saturated heterocycles. The van der Waals surface area contributed by atoms with Crippen molar-refractivity contribution in [1.82, 2.24) is 4.57 Å². The number of anilines is 1. The minimum absolute atomic E-state index is 0.0709. The van der Waals surface area contributed by atoms with Gasteiger partial charge in [-0.2, -0.15) is 0 Å². The zero-order chi connectivity index (χ0) is 23.7. The van der Waals surface area contributed by atoms with E-state index in [4.69, 9.17) is 10.5 Å². The first-order chi connectivity index (χ1) is 15.7. The van der Waals surface area contributed by atoms with E-state index in [-0.39, 0.29) is 17.7 Å². The number of hydrogen-bond acceptors (Lipinski definition) is 3. The highest BCUT2D eigenvalue weighted by atomic mass is 79.9. The lowest BCUT2D eigenvalue weighted by molar-refractivity contribution is 0.0697. The molecule has 3 aromatic carbocycles. The van der Waals surface area contributed by atoms with E-state index in [1.807, 2.05) is 29.7 Å². The molecule has 5 nitrogen and oxygen atoms in total. The summed E-state index contributed by atoms with van der Waals surface area (Å²) < 4.78 is 35.9. The Morgan fingerprint density at radius 1 is 1.06 bits per heavy atom. The second kappa shape index (κ2) is 9.07. The number of aromatic carboxylic acids is 1. The predicted molar refractivity (Wildman–Crippen MR) is 126 cm³/mol. The Kier molecular flexibility index (Phi) is 6.20. The molecule has 0 amide bonds. The number of carbonyl (C=O) groups is 1. The number of hydrogen-bond donors (Lipinski definition) is 2. The highest BCUT2D eigenvalue weighted by Crippen LogP contribution is 2.36. The van der Waals surface area contributed by atoms with E-state index < -0.39 is 17.6 Å². The molecule has 0 bridgehead atoms. The fourth-order valence-corrected chi connectivity index (χ4v) is 3.96. The molecule has 0 spiro atoms. The lowest BCUT2D eigenvalue weighted by atomic mass is 10.1. The third kappa shape index (κ3) is 4.75. The summed E-state index contributed by atoms with van der Waals surface area (Å²) in [5.41, 5.74) is 9.43. The highest BCUT2D eigenvalue weighted by Gasteiger charge is 2.17. The van der Waals surface area contributed by atoms with Gasteiger partial charge in [-0.1, -0.05) is 15.9 Å². The first kappa shape index (κ1) is 22.5. The largest absolute Gasteiger partial charge is 0.488 e. The van der Waals surface area contributed by atoms with Gasteiger partial charge in [0.1, 0.15) is 24.0 Å². The van der Waals surface area contributed by atoms with Gasteiger partial charge in [0.05, 0.1) is 11.3 Å². The molecule has 4 rings (SSSR count). The number of carboxylic acids is 1. The van der Waals surface area contributed by atoms with Gasteiger partial charge >= 0.3 is 5.97 Å². The van der Waals surface area contributed by atoms with Gasteiger partial charge in [0.15, 0.2) is 0 Å². The van der Waals surface area contributed by atoms with Crippen LogP contribution in [-0.2, 0) is 6.61 Å². The van der Waals surface area contributed by atoms with E-state index in [1.165, 1.54) is 18.2 Å². The van der Waals surface area contributed by atoms with Crippen LogP contribution in [0.3, 0.4) is 0 Å². The molecule has 0 saturated carbocycles. The van der Waals surface area contributed by atoms with E-state index in [0.717, 1.165) is 21.9 Å². The van der Waals surface area contributed by atoms with E-state index in [0.29, 0.717) is 22.7 Å². The Bertz CT molecular complexity index is 1370. The summed E-state index contributed by atoms with van der Waals surface area (Å²) in [4.78, 5) is 11.5. The van der Waals surface area contributed by atoms with Crippen molar-refractivity contribution in [3.8, 4) is 22.7 Å². The van der Waals surface area contributed by atoms with E-state index in [9.17, 15) is 18.7 Å². The minimum Gasteiger partial charge on any atom is -0.488 e. The third-order valence-electron chi connectivity index (χ3n) is 5.14. The molecule has 0 atom stereocenters. The van der Waals surface area contributed by atoms with Crippen LogP contribution in [0.5, 0.6) is 5.75 Å². The van der Waals surface area contributed by atoms with Crippen molar-refractivity contribution < 1.29 is 23.4 Å². The number of halogens is 3. The zero-order valence-corrected chi connectivity index (χ0v) is 19.1. The fraction of sp³-hybridized carbons (Fsp3) is 0.0800. The summed E-state index contributed by atoms with van der Waals surface area (Å²) in [7, 11) is 0. The van der Waals surface area contributed by atoms with Crippen LogP contribution in [0.25, 0.3) is 16.9 Å². The van der Waals surface area contributed by atoms with Crippen molar-refractivity contribution in [2.75, 3.05) is 5.73 Å². The Labute approximate surface area is 197 Å². The molecular weight excluding hydrogens is 494 g/mol. The van der Waals surface area contributed by atoms with Crippen molar-refractivity contribution in [3.63, 3.8) is 0 Å². The normalized spacial score (nSPS) is 10.9. The first-order valence-corrected chi connectivity index (χ1v) is 10.7. The molecule has 0 radical (unpaired) electrons. The number of nitrogens with two attached hydrogens (primary N) is 1. The lowest BCUT2D eigenvalue weighted by Gasteiger charge is -2.17. The number of nitrogen functional groups attached to an aromatic ring is 1. The number of nitrogens with zero attached hydrogens (tertiary/aromatic N) is 1. The van der Waals surface area contributed by atoms with Crippen LogP contribution < -0.4 is 10.5 Å². The summed E-state index contributed by atoms with van der Waals surface area (Å²) in [6.07, 6.45) is 0. The number of aromatic nitrogens is 1. The average molecular weight is 513 g/mol. The molecule has 1 heterocycles. The van der Waals surface area contributed by atoms with Crippen LogP contribution in [0, 0.1) is 18.6 Å². The molecule has 3 N–H and O–H groups in total. The van der Waals surface area contributed by atoms with Gasteiger partial charge in [0.2, 0.25) is 0 Å². The molecule has 0 aliphatic carbocycles. The van der Waals surface area contributed by atoms with Crippen molar-refractivity contribution in [3.05, 3.63) is 99.7 Å². The number of carboxylic acid groups (broad SMARTS) is 1. The number of benzene rings is 3. The van der Waals surface area contributed by atoms with Crippen LogP contribution in [0.4, 0.5) is 14.5 Å². The molecule has 0 aliphatic rings. The molecule has 0 fully saturated rings. The van der Waals surface area contributed by atoms with Crippen molar-refractivity contribution in [2.45, 2.75) is 13.5 Å². The molecule has 33 heavy (non-hydrogen) atoms. The molecular formula is C25H19BrF2N2O3. The molecule has 0 aliphatic heterocycles. The topological polar surface area (TPSA) is 77.5 Å². The summed E-state index contributed by atoms with van der Waals surface area (Å²) in [5, 5.41) is 9.44. The summed E-state index contributed by atoms with van der Waals surface area (Å²) in [6.45, 7) is 1.79. The maximum Gasteiger partial charge on any atom is 0.335 e. The van der Waals surface area contributed by atoms with Crippen molar-refractivity contribution >= 4 is 27.6 Å². The maximum atomic E-state index is 14.1. The van der Waals surface area contributed by atoms with Gasteiger partial charge in [0, 0.05) is 38.7 Å². The van der Waals surface area contributed by atoms with Gasteiger partial charge in [-0.05, 0) is 67.6 Å². The molecule has 4 aromatic rings. The van der Waals surface area contributed by atoms with E-state index in [2.05, 4.69) is 15.9 Å². The lowest BCUT2D eigenvalue weighted by Crippen LogP contribution is -2.05. The van der Waals surface area contributed by atoms with E-state index >= 15 is 0 Å². The molecule has 168 valence electrons. The average Bonchev–Trinajstić information content (AvgIpc) is 3.14. The Morgan fingerprint density at radius 2 is 1.85 bits per heavy atom.